The molecule has 2 fully saturated rings. The van der Waals surface area contributed by atoms with Crippen molar-refractivity contribution in [2.45, 2.75) is 76.5 Å². The van der Waals surface area contributed by atoms with Gasteiger partial charge in [-0.15, -0.1) is 0 Å². The topological polar surface area (TPSA) is 61.3 Å². The summed E-state index contributed by atoms with van der Waals surface area (Å²) in [5.74, 6) is 0. The van der Waals surface area contributed by atoms with E-state index in [1.165, 1.54) is 44.9 Å². The van der Waals surface area contributed by atoms with Gasteiger partial charge in [-0.05, 0) is 25.7 Å². The zero-order chi connectivity index (χ0) is 12.1. The Bertz CT molecular complexity index is 214. The molecule has 0 spiro atoms. The van der Waals surface area contributed by atoms with Crippen molar-refractivity contribution >= 4 is 0 Å². The summed E-state index contributed by atoms with van der Waals surface area (Å²) in [4.78, 5) is 0. The number of hydrogen-bond acceptors (Lipinski definition) is 3. The van der Waals surface area contributed by atoms with Gasteiger partial charge in [0.2, 0.25) is 0 Å². The van der Waals surface area contributed by atoms with Gasteiger partial charge in [0.05, 0.1) is 12.3 Å². The Kier molecular flexibility index (Phi) is 4.83. The molecule has 1 atom stereocenters. The van der Waals surface area contributed by atoms with E-state index in [1.54, 1.807) is 0 Å². The lowest BCUT2D eigenvalue weighted by molar-refractivity contribution is -0.0595. The Morgan fingerprint density at radius 3 is 2.18 bits per heavy atom. The fraction of sp³-hybridized carbons (Fsp3) is 1.00. The molecule has 1 saturated heterocycles. The Morgan fingerprint density at radius 2 is 1.53 bits per heavy atom. The van der Waals surface area contributed by atoms with Gasteiger partial charge in [0.1, 0.15) is 0 Å². The van der Waals surface area contributed by atoms with Crippen LogP contribution >= 0.6 is 0 Å². The standard InChI is InChI=1S/C14H28N2O/c15-13(16)14(9-5-1-2-6-10-14)12-8-4-3-7-11-17-12/h12-13H,1-11,15-16H2. The van der Waals surface area contributed by atoms with E-state index in [9.17, 15) is 0 Å². The van der Waals surface area contributed by atoms with E-state index in [1.807, 2.05) is 0 Å². The van der Waals surface area contributed by atoms with Crippen LogP contribution in [0.25, 0.3) is 0 Å². The predicted molar refractivity (Wildman–Crippen MR) is 70.5 cm³/mol. The van der Waals surface area contributed by atoms with Crippen molar-refractivity contribution in [1.82, 2.24) is 0 Å². The minimum absolute atomic E-state index is 0.0564. The molecule has 1 unspecified atom stereocenters. The first-order valence-corrected chi connectivity index (χ1v) is 7.38. The van der Waals surface area contributed by atoms with Crippen LogP contribution in [0.4, 0.5) is 0 Å². The quantitative estimate of drug-likeness (QED) is 0.576. The highest BCUT2D eigenvalue weighted by atomic mass is 16.5. The second kappa shape index (κ2) is 6.17. The van der Waals surface area contributed by atoms with E-state index in [4.69, 9.17) is 16.2 Å². The van der Waals surface area contributed by atoms with Gasteiger partial charge in [-0.3, -0.25) is 0 Å². The molecule has 0 radical (unpaired) electrons. The first-order valence-electron chi connectivity index (χ1n) is 7.38. The van der Waals surface area contributed by atoms with E-state index >= 15 is 0 Å². The Labute approximate surface area is 105 Å². The first kappa shape index (κ1) is 13.3. The molecule has 2 aliphatic rings. The number of hydrogen-bond donors (Lipinski definition) is 2. The van der Waals surface area contributed by atoms with E-state index in [0.717, 1.165) is 25.9 Å². The van der Waals surface area contributed by atoms with Crippen molar-refractivity contribution < 1.29 is 4.74 Å². The van der Waals surface area contributed by atoms with Crippen molar-refractivity contribution in [3.8, 4) is 0 Å². The average molecular weight is 240 g/mol. The Morgan fingerprint density at radius 1 is 0.882 bits per heavy atom. The Hall–Kier alpha value is -0.120. The maximum Gasteiger partial charge on any atom is 0.0658 e. The zero-order valence-corrected chi connectivity index (χ0v) is 11.0. The van der Waals surface area contributed by atoms with Gasteiger partial charge >= 0.3 is 0 Å². The highest BCUT2D eigenvalue weighted by Gasteiger charge is 2.43. The highest BCUT2D eigenvalue weighted by Crippen LogP contribution is 2.43. The molecule has 17 heavy (non-hydrogen) atoms. The monoisotopic (exact) mass is 240 g/mol. The number of nitrogens with two attached hydrogens (primary N) is 2. The fourth-order valence-corrected chi connectivity index (χ4v) is 3.63. The molecule has 3 nitrogen and oxygen atoms in total. The minimum Gasteiger partial charge on any atom is -0.378 e. The van der Waals surface area contributed by atoms with Gasteiger partial charge in [-0.2, -0.15) is 0 Å². The lowest BCUT2D eigenvalue weighted by atomic mass is 9.71. The van der Waals surface area contributed by atoms with Gasteiger partial charge in [-0.25, -0.2) is 0 Å². The maximum atomic E-state index is 6.15. The Balaban J connectivity index is 2.12. The molecule has 2 rings (SSSR count). The third-order valence-electron chi connectivity index (χ3n) is 4.77. The van der Waals surface area contributed by atoms with E-state index in [0.29, 0.717) is 6.10 Å². The molecular formula is C14H28N2O. The van der Waals surface area contributed by atoms with Crippen LogP contribution in [0.1, 0.15) is 64.2 Å². The SMILES string of the molecule is NC(N)C1(C2CCCCCO2)CCCCCC1. The molecule has 0 bridgehead atoms. The smallest absolute Gasteiger partial charge is 0.0658 e. The van der Waals surface area contributed by atoms with Crippen LogP contribution in [0, 0.1) is 5.41 Å². The summed E-state index contributed by atoms with van der Waals surface area (Å²) in [7, 11) is 0. The van der Waals surface area contributed by atoms with Gasteiger partial charge in [-0.1, -0.05) is 38.5 Å². The summed E-state index contributed by atoms with van der Waals surface area (Å²) in [6.45, 7) is 0.902. The second-order valence-corrected chi connectivity index (χ2v) is 5.88. The largest absolute Gasteiger partial charge is 0.378 e. The average Bonchev–Trinajstić information content (AvgIpc) is 2.72. The predicted octanol–water partition coefficient (Wildman–Crippen LogP) is 2.53. The molecule has 0 amide bonds. The number of rotatable bonds is 2. The molecule has 1 heterocycles. The first-order chi connectivity index (χ1) is 8.26. The van der Waals surface area contributed by atoms with Crippen molar-refractivity contribution in [1.29, 1.82) is 0 Å². The van der Waals surface area contributed by atoms with Crippen LogP contribution in [-0.4, -0.2) is 18.9 Å². The van der Waals surface area contributed by atoms with Gasteiger partial charge in [0.15, 0.2) is 0 Å². The molecule has 1 aliphatic carbocycles. The van der Waals surface area contributed by atoms with Crippen LogP contribution in [0.2, 0.25) is 0 Å². The maximum absolute atomic E-state index is 6.15. The van der Waals surface area contributed by atoms with Crippen LogP contribution in [0.5, 0.6) is 0 Å². The van der Waals surface area contributed by atoms with Gasteiger partial charge < -0.3 is 16.2 Å². The fourth-order valence-electron chi connectivity index (χ4n) is 3.63. The molecule has 1 saturated carbocycles. The summed E-state index contributed by atoms with van der Waals surface area (Å²) in [5, 5.41) is 0. The van der Waals surface area contributed by atoms with Crippen LogP contribution in [-0.2, 0) is 4.74 Å². The highest BCUT2D eigenvalue weighted by molar-refractivity contribution is 4.94. The van der Waals surface area contributed by atoms with Crippen molar-refractivity contribution in [2.75, 3.05) is 6.61 Å². The molecule has 1 aliphatic heterocycles. The summed E-state index contributed by atoms with van der Waals surface area (Å²) < 4.78 is 6.10. The van der Waals surface area contributed by atoms with E-state index < -0.39 is 0 Å². The van der Waals surface area contributed by atoms with Gasteiger partial charge in [0.25, 0.3) is 0 Å². The number of ether oxygens (including phenoxy) is 1. The molecular weight excluding hydrogens is 212 g/mol. The molecule has 0 aromatic carbocycles. The van der Waals surface area contributed by atoms with Gasteiger partial charge in [0, 0.05) is 12.0 Å². The lowest BCUT2D eigenvalue weighted by Crippen LogP contribution is -2.55. The van der Waals surface area contributed by atoms with E-state index in [2.05, 4.69) is 0 Å². The zero-order valence-electron chi connectivity index (χ0n) is 11.0. The molecule has 0 aromatic rings. The molecule has 0 aromatic heterocycles. The van der Waals surface area contributed by atoms with Crippen molar-refractivity contribution in [2.24, 2.45) is 16.9 Å². The second-order valence-electron chi connectivity index (χ2n) is 5.88. The van der Waals surface area contributed by atoms with Crippen LogP contribution in [0.3, 0.4) is 0 Å². The normalized spacial score (nSPS) is 30.9. The van der Waals surface area contributed by atoms with Crippen LogP contribution in [0.15, 0.2) is 0 Å². The summed E-state index contributed by atoms with van der Waals surface area (Å²) in [6, 6.07) is 0. The van der Waals surface area contributed by atoms with Crippen molar-refractivity contribution in [3.05, 3.63) is 0 Å². The third kappa shape index (κ3) is 3.01. The van der Waals surface area contributed by atoms with E-state index in [-0.39, 0.29) is 11.6 Å². The summed E-state index contributed by atoms with van der Waals surface area (Å²) >= 11 is 0. The molecule has 100 valence electrons. The summed E-state index contributed by atoms with van der Waals surface area (Å²) in [5.41, 5.74) is 12.4. The summed E-state index contributed by atoms with van der Waals surface area (Å²) in [6.07, 6.45) is 12.6. The third-order valence-corrected chi connectivity index (χ3v) is 4.77. The minimum atomic E-state index is -0.219. The van der Waals surface area contributed by atoms with Crippen LogP contribution < -0.4 is 11.5 Å². The lowest BCUT2D eigenvalue weighted by Gasteiger charge is -2.42. The van der Waals surface area contributed by atoms with Crippen molar-refractivity contribution in [3.63, 3.8) is 0 Å². The molecule has 3 heteroatoms. The molecule has 4 N–H and O–H groups in total.